The highest BCUT2D eigenvalue weighted by Crippen LogP contribution is 2.30. The number of carbonyl (C=O) groups excluding carboxylic acids is 1. The Morgan fingerprint density at radius 2 is 1.07 bits per heavy atom. The second-order valence-corrected chi connectivity index (χ2v) is 11.0. The molecule has 0 aliphatic carbocycles. The van der Waals surface area contributed by atoms with Crippen molar-refractivity contribution in [1.29, 1.82) is 0 Å². The van der Waals surface area contributed by atoms with E-state index < -0.39 is 80.6 Å². The molecule has 0 amide bonds. The molecular formula is C28H52O12. The zero-order valence-electron chi connectivity index (χ0n) is 23.8. The maximum Gasteiger partial charge on any atom is 0.306 e. The van der Waals surface area contributed by atoms with Crippen LogP contribution in [-0.2, 0) is 23.7 Å². The van der Waals surface area contributed by atoms with Crippen LogP contribution >= 0.6 is 0 Å². The second-order valence-electron chi connectivity index (χ2n) is 11.0. The molecule has 2 rings (SSSR count). The summed E-state index contributed by atoms with van der Waals surface area (Å²) in [4.78, 5) is 12.5. The lowest BCUT2D eigenvalue weighted by Crippen LogP contribution is -2.65. The molecular weight excluding hydrogens is 528 g/mol. The Balaban J connectivity index is 1.77. The van der Waals surface area contributed by atoms with E-state index >= 15 is 0 Å². The predicted molar refractivity (Wildman–Crippen MR) is 143 cm³/mol. The van der Waals surface area contributed by atoms with Crippen molar-refractivity contribution in [2.45, 2.75) is 158 Å². The van der Waals surface area contributed by atoms with Gasteiger partial charge in [0, 0.05) is 6.42 Å². The fourth-order valence-electron chi connectivity index (χ4n) is 5.16. The Hall–Kier alpha value is -0.930. The van der Waals surface area contributed by atoms with Gasteiger partial charge in [-0.25, -0.2) is 0 Å². The van der Waals surface area contributed by atoms with Crippen LogP contribution in [0.15, 0.2) is 0 Å². The van der Waals surface area contributed by atoms with Crippen molar-refractivity contribution in [3.63, 3.8) is 0 Å². The minimum absolute atomic E-state index is 0.0713. The number of hydrogen-bond acceptors (Lipinski definition) is 12. The van der Waals surface area contributed by atoms with Gasteiger partial charge in [-0.05, 0) is 6.42 Å². The van der Waals surface area contributed by atoms with E-state index in [1.54, 1.807) is 0 Å². The normalized spacial score (nSPS) is 34.6. The number of aliphatic hydroxyl groups excluding tert-OH is 7. The fraction of sp³-hybridized carbons (Fsp3) is 0.964. The monoisotopic (exact) mass is 580 g/mol. The third-order valence-electron chi connectivity index (χ3n) is 7.71. The van der Waals surface area contributed by atoms with E-state index in [0.29, 0.717) is 6.42 Å². The Morgan fingerprint density at radius 3 is 1.57 bits per heavy atom. The highest BCUT2D eigenvalue weighted by Gasteiger charge is 2.51. The first-order valence-electron chi connectivity index (χ1n) is 15.0. The lowest BCUT2D eigenvalue weighted by molar-refractivity contribution is -0.362. The first kappa shape index (κ1) is 35.3. The number of aliphatic hydroxyl groups is 7. The molecule has 10 atom stereocenters. The molecule has 0 radical (unpaired) electrons. The van der Waals surface area contributed by atoms with Gasteiger partial charge in [-0.3, -0.25) is 4.79 Å². The van der Waals surface area contributed by atoms with Crippen LogP contribution in [-0.4, -0.2) is 116 Å². The number of ether oxygens (including phenoxy) is 4. The van der Waals surface area contributed by atoms with Gasteiger partial charge < -0.3 is 54.7 Å². The van der Waals surface area contributed by atoms with E-state index in [-0.39, 0.29) is 6.42 Å². The predicted octanol–water partition coefficient (Wildman–Crippen LogP) is 0.635. The van der Waals surface area contributed by atoms with Gasteiger partial charge in [-0.1, -0.05) is 84.0 Å². The minimum atomic E-state index is -1.79. The van der Waals surface area contributed by atoms with Crippen molar-refractivity contribution >= 4 is 5.97 Å². The third kappa shape index (κ3) is 11.0. The number of rotatable bonds is 19. The van der Waals surface area contributed by atoms with Gasteiger partial charge in [0.05, 0.1) is 13.2 Å². The second kappa shape index (κ2) is 19.3. The lowest BCUT2D eigenvalue weighted by Gasteiger charge is -2.45. The molecule has 0 aromatic heterocycles. The molecule has 0 aromatic carbocycles. The zero-order valence-corrected chi connectivity index (χ0v) is 23.8. The van der Waals surface area contributed by atoms with Crippen LogP contribution in [0.2, 0.25) is 0 Å². The average Bonchev–Trinajstić information content (AvgIpc) is 2.94. The van der Waals surface area contributed by atoms with Crippen LogP contribution in [0.3, 0.4) is 0 Å². The van der Waals surface area contributed by atoms with Crippen molar-refractivity contribution in [3.05, 3.63) is 0 Å². The Kier molecular flexibility index (Phi) is 17.0. The molecule has 0 unspecified atom stereocenters. The topological polar surface area (TPSA) is 196 Å². The minimum Gasteiger partial charge on any atom is -0.454 e. The van der Waals surface area contributed by atoms with Crippen molar-refractivity contribution in [2.24, 2.45) is 0 Å². The third-order valence-corrected chi connectivity index (χ3v) is 7.71. The summed E-state index contributed by atoms with van der Waals surface area (Å²) < 4.78 is 21.5. The Labute approximate surface area is 237 Å². The van der Waals surface area contributed by atoms with E-state index in [0.717, 1.165) is 19.3 Å². The Morgan fingerprint density at radius 1 is 0.625 bits per heavy atom. The standard InChI is InChI=1S/C28H52O12/c1-2-3-4-5-6-7-8-9-10-11-12-13-14-15-20(31)39-26-24(35)22(33)19(17-30)38-28(26)40-25-23(34)21(32)18(16-29)37-27(25)36/h18-19,21-30,32-36H,2-17H2,1H3/t18-,19-,21-,22-,23+,24+,25-,26-,27+,28+/m1/s1. The Bertz CT molecular complexity index is 682. The molecule has 2 heterocycles. The molecule has 12 nitrogen and oxygen atoms in total. The summed E-state index contributed by atoms with van der Waals surface area (Å²) in [7, 11) is 0. The van der Waals surface area contributed by atoms with Gasteiger partial charge in [-0.2, -0.15) is 0 Å². The first-order valence-corrected chi connectivity index (χ1v) is 15.0. The molecule has 12 heteroatoms. The molecule has 2 fully saturated rings. The number of esters is 1. The van der Waals surface area contributed by atoms with Crippen LogP contribution in [0.1, 0.15) is 96.8 Å². The lowest BCUT2D eigenvalue weighted by atomic mass is 9.97. The molecule has 0 saturated carbocycles. The summed E-state index contributed by atoms with van der Waals surface area (Å²) in [6.45, 7) is 0.858. The van der Waals surface area contributed by atoms with Crippen LogP contribution in [0.4, 0.5) is 0 Å². The van der Waals surface area contributed by atoms with Crippen molar-refractivity contribution in [3.8, 4) is 0 Å². The summed E-state index contributed by atoms with van der Waals surface area (Å²) in [6, 6.07) is 0. The van der Waals surface area contributed by atoms with Crippen LogP contribution < -0.4 is 0 Å². The first-order chi connectivity index (χ1) is 19.2. The molecule has 2 aliphatic rings. The van der Waals surface area contributed by atoms with Gasteiger partial charge in [0.15, 0.2) is 18.7 Å². The molecule has 2 saturated heterocycles. The average molecular weight is 581 g/mol. The summed E-state index contributed by atoms with van der Waals surface area (Å²) >= 11 is 0. The zero-order chi connectivity index (χ0) is 29.5. The molecule has 40 heavy (non-hydrogen) atoms. The number of carbonyl (C=O) groups is 1. The van der Waals surface area contributed by atoms with Gasteiger partial charge in [0.1, 0.15) is 42.7 Å². The fourth-order valence-corrected chi connectivity index (χ4v) is 5.16. The van der Waals surface area contributed by atoms with Gasteiger partial charge in [0.2, 0.25) is 0 Å². The molecule has 0 aromatic rings. The van der Waals surface area contributed by atoms with Crippen molar-refractivity contribution < 1.29 is 59.5 Å². The van der Waals surface area contributed by atoms with E-state index in [1.807, 2.05) is 0 Å². The SMILES string of the molecule is CCCCCCCCCCCCCCCC(=O)O[C@H]1[C@H](O[C@@H]2[C@@H](O)[C@H](O)[C@@H](CO)O[C@@H]2O)O[C@H](CO)[C@@H](O)[C@@H]1O. The summed E-state index contributed by atoms with van der Waals surface area (Å²) in [6.07, 6.45) is -0.629. The van der Waals surface area contributed by atoms with Crippen LogP contribution in [0.25, 0.3) is 0 Å². The molecule has 2 aliphatic heterocycles. The van der Waals surface area contributed by atoms with Crippen molar-refractivity contribution in [1.82, 2.24) is 0 Å². The molecule has 0 spiro atoms. The van der Waals surface area contributed by atoms with E-state index in [1.165, 1.54) is 57.8 Å². The smallest absolute Gasteiger partial charge is 0.306 e. The van der Waals surface area contributed by atoms with Gasteiger partial charge in [-0.15, -0.1) is 0 Å². The van der Waals surface area contributed by atoms with E-state index in [4.69, 9.17) is 18.9 Å². The van der Waals surface area contributed by atoms with Crippen molar-refractivity contribution in [2.75, 3.05) is 13.2 Å². The number of hydrogen-bond donors (Lipinski definition) is 7. The van der Waals surface area contributed by atoms with E-state index in [9.17, 15) is 40.5 Å². The van der Waals surface area contributed by atoms with Crippen LogP contribution in [0, 0.1) is 0 Å². The van der Waals surface area contributed by atoms with Gasteiger partial charge in [0.25, 0.3) is 0 Å². The molecule has 0 bridgehead atoms. The maximum atomic E-state index is 12.5. The maximum absolute atomic E-state index is 12.5. The highest BCUT2D eigenvalue weighted by molar-refractivity contribution is 5.69. The highest BCUT2D eigenvalue weighted by atomic mass is 16.7. The van der Waals surface area contributed by atoms with Gasteiger partial charge >= 0.3 is 5.97 Å². The summed E-state index contributed by atoms with van der Waals surface area (Å²) in [5.74, 6) is -0.652. The number of unbranched alkanes of at least 4 members (excludes halogenated alkanes) is 12. The summed E-state index contributed by atoms with van der Waals surface area (Å²) in [5, 5.41) is 70.4. The summed E-state index contributed by atoms with van der Waals surface area (Å²) in [5.41, 5.74) is 0. The van der Waals surface area contributed by atoms with Crippen LogP contribution in [0.5, 0.6) is 0 Å². The van der Waals surface area contributed by atoms with E-state index in [2.05, 4.69) is 6.92 Å². The molecule has 7 N–H and O–H groups in total. The quantitative estimate of drug-likeness (QED) is 0.0833. The molecule has 236 valence electrons. The largest absolute Gasteiger partial charge is 0.454 e.